The zero-order chi connectivity index (χ0) is 32.7. The van der Waals surface area contributed by atoms with E-state index in [2.05, 4.69) is 43.5 Å². The lowest BCUT2D eigenvalue weighted by molar-refractivity contribution is -0.130. The lowest BCUT2D eigenvalue weighted by Gasteiger charge is -2.22. The van der Waals surface area contributed by atoms with Gasteiger partial charge >= 0.3 is 0 Å². The van der Waals surface area contributed by atoms with E-state index in [-0.39, 0.29) is 6.42 Å². The number of allylic oxidation sites excluding steroid dienone is 5. The van der Waals surface area contributed by atoms with Gasteiger partial charge in [-0.1, -0.05) is 140 Å². The summed E-state index contributed by atoms with van der Waals surface area (Å²) >= 11 is 0. The van der Waals surface area contributed by atoms with Crippen LogP contribution in [0.2, 0.25) is 0 Å². The Labute approximate surface area is 270 Å². The molecule has 0 saturated heterocycles. The van der Waals surface area contributed by atoms with Crippen molar-refractivity contribution in [2.24, 2.45) is 0 Å². The van der Waals surface area contributed by atoms with Crippen molar-refractivity contribution in [3.8, 4) is 0 Å². The zero-order valence-electron chi connectivity index (χ0n) is 28.1. The highest BCUT2D eigenvalue weighted by molar-refractivity contribution is 7.85. The quantitative estimate of drug-likeness (QED) is 0.0341. The Morgan fingerprint density at radius 2 is 1.02 bits per heavy atom. The molecule has 0 aliphatic carbocycles. The van der Waals surface area contributed by atoms with Gasteiger partial charge in [0.1, 0.15) is 6.10 Å². The molecular weight excluding hydrogens is 574 g/mol. The minimum atomic E-state index is -4.45. The van der Waals surface area contributed by atoms with Gasteiger partial charge in [0.25, 0.3) is 10.1 Å². The van der Waals surface area contributed by atoms with Crippen LogP contribution in [0.15, 0.2) is 36.5 Å². The number of aliphatic hydroxyl groups excluding tert-OH is 2. The molecule has 0 spiro atoms. The smallest absolute Gasteiger partial charge is 0.267 e. The Morgan fingerprint density at radius 1 is 0.614 bits per heavy atom. The number of nitrogens with one attached hydrogen (secondary N) is 1. The van der Waals surface area contributed by atoms with Crippen LogP contribution < -0.4 is 5.32 Å². The lowest BCUT2D eigenvalue weighted by atomic mass is 10.1. The average Bonchev–Trinajstić information content (AvgIpc) is 2.98. The van der Waals surface area contributed by atoms with Crippen LogP contribution in [0.5, 0.6) is 0 Å². The average molecular weight is 642 g/mol. The molecule has 0 saturated carbocycles. The van der Waals surface area contributed by atoms with Crippen molar-refractivity contribution in [1.29, 1.82) is 0 Å². The molecule has 44 heavy (non-hydrogen) atoms. The molecule has 0 aliphatic heterocycles. The maximum atomic E-state index is 12.5. The Kier molecular flexibility index (Phi) is 29.2. The number of aliphatic hydroxyl groups is 2. The second-order valence-corrected chi connectivity index (χ2v) is 13.8. The monoisotopic (exact) mass is 641 g/mol. The van der Waals surface area contributed by atoms with E-state index < -0.39 is 40.0 Å². The van der Waals surface area contributed by atoms with Gasteiger partial charge in [-0.2, -0.15) is 8.42 Å². The predicted molar refractivity (Wildman–Crippen MR) is 185 cm³/mol. The summed E-state index contributed by atoms with van der Waals surface area (Å²) in [5, 5.41) is 23.2. The third-order valence-electron chi connectivity index (χ3n) is 7.90. The third kappa shape index (κ3) is 29.2. The normalized spacial score (nSPS) is 14.6. The molecular formula is C36H67NO6S. The van der Waals surface area contributed by atoms with Crippen LogP contribution in [0.1, 0.15) is 162 Å². The van der Waals surface area contributed by atoms with Crippen molar-refractivity contribution in [3.05, 3.63) is 36.5 Å². The Morgan fingerprint density at radius 3 is 1.50 bits per heavy atom. The van der Waals surface area contributed by atoms with Crippen LogP contribution in [0.25, 0.3) is 0 Å². The summed E-state index contributed by atoms with van der Waals surface area (Å²) in [7, 11) is -4.45. The lowest BCUT2D eigenvalue weighted by Crippen LogP contribution is -2.50. The fourth-order valence-corrected chi connectivity index (χ4v) is 5.85. The number of unbranched alkanes of at least 4 members (excludes halogenated alkanes) is 18. The van der Waals surface area contributed by atoms with Gasteiger partial charge in [0, 0.05) is 0 Å². The zero-order valence-corrected chi connectivity index (χ0v) is 29.0. The van der Waals surface area contributed by atoms with Gasteiger partial charge in [-0.05, 0) is 57.8 Å². The molecule has 8 heteroatoms. The summed E-state index contributed by atoms with van der Waals surface area (Å²) in [6.45, 7) is 4.46. The summed E-state index contributed by atoms with van der Waals surface area (Å²) in [6, 6.07) is -1.25. The van der Waals surface area contributed by atoms with Crippen molar-refractivity contribution < 1.29 is 28.0 Å². The molecule has 258 valence electrons. The first-order valence-electron chi connectivity index (χ1n) is 17.8. The molecule has 0 aromatic rings. The van der Waals surface area contributed by atoms with Gasteiger partial charge in [0.15, 0.2) is 0 Å². The van der Waals surface area contributed by atoms with E-state index >= 15 is 0 Å². The highest BCUT2D eigenvalue weighted by Gasteiger charge is 2.27. The predicted octanol–water partition coefficient (Wildman–Crippen LogP) is 8.76. The molecule has 3 unspecified atom stereocenters. The van der Waals surface area contributed by atoms with Crippen molar-refractivity contribution in [2.75, 3.05) is 5.75 Å². The van der Waals surface area contributed by atoms with E-state index in [1.54, 1.807) is 6.08 Å². The number of amides is 1. The molecule has 0 bridgehead atoms. The van der Waals surface area contributed by atoms with Crippen LogP contribution in [0.4, 0.5) is 0 Å². The molecule has 0 heterocycles. The highest BCUT2D eigenvalue weighted by Crippen LogP contribution is 2.12. The van der Waals surface area contributed by atoms with E-state index in [4.69, 9.17) is 0 Å². The minimum absolute atomic E-state index is 0.243. The number of rotatable bonds is 31. The van der Waals surface area contributed by atoms with E-state index in [0.717, 1.165) is 32.1 Å². The topological polar surface area (TPSA) is 124 Å². The molecule has 0 aromatic carbocycles. The molecule has 0 fully saturated rings. The highest BCUT2D eigenvalue weighted by atomic mass is 32.2. The molecule has 0 aromatic heterocycles. The first-order chi connectivity index (χ1) is 21.2. The number of carbonyl (C=O) groups is 1. The number of hydrogen-bond acceptors (Lipinski definition) is 5. The number of carbonyl (C=O) groups excluding carboxylic acids is 1. The van der Waals surface area contributed by atoms with Crippen molar-refractivity contribution in [3.63, 3.8) is 0 Å². The largest absolute Gasteiger partial charge is 0.387 e. The Bertz CT molecular complexity index is 855. The summed E-state index contributed by atoms with van der Waals surface area (Å²) in [5.74, 6) is -1.58. The molecule has 4 N–H and O–H groups in total. The van der Waals surface area contributed by atoms with Crippen LogP contribution in [-0.2, 0) is 14.9 Å². The van der Waals surface area contributed by atoms with Crippen molar-refractivity contribution in [1.82, 2.24) is 5.32 Å². The van der Waals surface area contributed by atoms with Crippen LogP contribution in [-0.4, -0.2) is 53.1 Å². The van der Waals surface area contributed by atoms with E-state index in [9.17, 15) is 28.0 Å². The van der Waals surface area contributed by atoms with E-state index in [0.29, 0.717) is 12.8 Å². The van der Waals surface area contributed by atoms with Crippen molar-refractivity contribution in [2.45, 2.75) is 180 Å². The Balaban J connectivity index is 4.24. The van der Waals surface area contributed by atoms with Gasteiger partial charge in [-0.3, -0.25) is 9.35 Å². The molecule has 1 amide bonds. The fourth-order valence-electron chi connectivity index (χ4n) is 5.11. The number of hydrogen-bond donors (Lipinski definition) is 4. The summed E-state index contributed by atoms with van der Waals surface area (Å²) in [4.78, 5) is 12.5. The van der Waals surface area contributed by atoms with E-state index in [1.165, 1.54) is 102 Å². The molecule has 3 atom stereocenters. The van der Waals surface area contributed by atoms with Crippen molar-refractivity contribution >= 4 is 16.0 Å². The second-order valence-electron chi connectivity index (χ2n) is 12.3. The van der Waals surface area contributed by atoms with Gasteiger partial charge in [-0.15, -0.1) is 0 Å². The first-order valence-corrected chi connectivity index (χ1v) is 19.4. The molecule has 0 radical (unpaired) electrons. The van der Waals surface area contributed by atoms with Gasteiger partial charge in [0.05, 0.1) is 17.9 Å². The van der Waals surface area contributed by atoms with Gasteiger partial charge < -0.3 is 15.5 Å². The first kappa shape index (κ1) is 42.5. The molecule has 0 aliphatic rings. The summed E-state index contributed by atoms with van der Waals surface area (Å²) < 4.78 is 32.3. The maximum Gasteiger partial charge on any atom is 0.267 e. The standard InChI is InChI=1S/C36H67NO6S/c1-3-5-7-9-11-13-15-17-18-19-21-22-24-26-28-30-34(38)33(32-44(41,42)43)37-36(40)35(39)31-29-27-25-23-20-16-14-12-10-8-6-4-2/h20-23,28,30,33-35,38-39H,3-19,24-27,29,31-32H2,1-2H3,(H,37,40)(H,41,42,43)/b22-21+,23-20-,30-28+. The van der Waals surface area contributed by atoms with Gasteiger partial charge in [-0.25, -0.2) is 0 Å². The SMILES string of the molecule is CCCCCCCC/C=C\CCCCC(O)C(=O)NC(CS(=O)(=O)O)C(O)/C=C/CC/C=C/CCCCCCCCCCC. The second kappa shape index (κ2) is 30.2. The molecule has 7 nitrogen and oxygen atoms in total. The summed E-state index contributed by atoms with van der Waals surface area (Å²) in [5.41, 5.74) is 0. The van der Waals surface area contributed by atoms with Crippen LogP contribution in [0, 0.1) is 0 Å². The minimum Gasteiger partial charge on any atom is -0.387 e. The third-order valence-corrected chi connectivity index (χ3v) is 8.68. The maximum absolute atomic E-state index is 12.5. The van der Waals surface area contributed by atoms with E-state index in [1.807, 2.05) is 0 Å². The molecule has 0 rings (SSSR count). The fraction of sp³-hybridized carbons (Fsp3) is 0.806. The van der Waals surface area contributed by atoms with Crippen LogP contribution in [0.3, 0.4) is 0 Å². The Hall–Kier alpha value is -1.48. The van der Waals surface area contributed by atoms with Gasteiger partial charge in [0.2, 0.25) is 5.91 Å². The summed E-state index contributed by atoms with van der Waals surface area (Å²) in [6.07, 6.45) is 34.9. The van der Waals surface area contributed by atoms with Crippen LogP contribution >= 0.6 is 0 Å².